The third-order valence-corrected chi connectivity index (χ3v) is 4.13. The van der Waals surface area contributed by atoms with Crippen molar-refractivity contribution in [2.75, 3.05) is 4.72 Å². The molecule has 0 amide bonds. The van der Waals surface area contributed by atoms with Crippen molar-refractivity contribution < 1.29 is 8.42 Å². The lowest BCUT2D eigenvalue weighted by molar-refractivity contribution is 0.600. The van der Waals surface area contributed by atoms with Crippen LogP contribution in [0.15, 0.2) is 36.5 Å². The average molecular weight is 318 g/mol. The van der Waals surface area contributed by atoms with Gasteiger partial charge in [-0.3, -0.25) is 4.72 Å². The number of sulfonamides is 1. The van der Waals surface area contributed by atoms with Crippen molar-refractivity contribution in [3.63, 3.8) is 0 Å². The van der Waals surface area contributed by atoms with Crippen molar-refractivity contribution in [3.05, 3.63) is 52.1 Å². The summed E-state index contributed by atoms with van der Waals surface area (Å²) in [6.07, 6.45) is 1.45. The van der Waals surface area contributed by atoms with Gasteiger partial charge in [-0.25, -0.2) is 8.42 Å². The summed E-state index contributed by atoms with van der Waals surface area (Å²) in [6, 6.07) is 7.89. The molecule has 1 heterocycles. The molecule has 1 aromatic heterocycles. The molecule has 2 aromatic rings. The second kappa shape index (κ2) is 5.73. The molecule has 1 aromatic carbocycles. The molecule has 0 aliphatic rings. The quantitative estimate of drug-likeness (QED) is 0.941. The first-order valence-electron chi connectivity index (χ1n) is 5.19. The molecule has 8 heteroatoms. The molecule has 0 bridgehead atoms. The van der Waals surface area contributed by atoms with Crippen LogP contribution in [0.1, 0.15) is 5.56 Å². The SMILES string of the molecule is O=S(=O)(Cc1c(Cl)cccc1Cl)Nc1cccnn1. The van der Waals surface area contributed by atoms with Crippen LogP contribution in [0.25, 0.3) is 0 Å². The van der Waals surface area contributed by atoms with E-state index in [-0.39, 0.29) is 11.6 Å². The van der Waals surface area contributed by atoms with Gasteiger partial charge in [0.15, 0.2) is 5.82 Å². The normalized spacial score (nSPS) is 11.3. The standard InChI is InChI=1S/C11H9Cl2N3O2S/c12-9-3-1-4-10(13)8(9)7-19(17,18)16-11-5-2-6-14-15-11/h1-6H,7H2,(H,15,16). The van der Waals surface area contributed by atoms with E-state index in [1.165, 1.54) is 12.3 Å². The second-order valence-corrected chi connectivity index (χ2v) is 6.21. The number of anilines is 1. The Labute approximate surface area is 120 Å². The summed E-state index contributed by atoms with van der Waals surface area (Å²) in [5.74, 6) is -0.187. The van der Waals surface area contributed by atoms with Gasteiger partial charge in [0.05, 0.1) is 5.75 Å². The van der Waals surface area contributed by atoms with Crippen LogP contribution in [0, 0.1) is 0 Å². The molecule has 100 valence electrons. The summed E-state index contributed by atoms with van der Waals surface area (Å²) >= 11 is 11.9. The van der Waals surface area contributed by atoms with Gasteiger partial charge in [0.2, 0.25) is 10.0 Å². The highest BCUT2D eigenvalue weighted by molar-refractivity contribution is 7.91. The molecule has 0 radical (unpaired) electrons. The topological polar surface area (TPSA) is 72.0 Å². The molecule has 0 spiro atoms. The molecule has 0 aliphatic heterocycles. The molecule has 0 aliphatic carbocycles. The monoisotopic (exact) mass is 317 g/mol. The Bertz CT molecular complexity index is 657. The van der Waals surface area contributed by atoms with Crippen LogP contribution in [0.4, 0.5) is 5.82 Å². The van der Waals surface area contributed by atoms with Gasteiger partial charge in [-0.2, -0.15) is 5.10 Å². The Balaban J connectivity index is 2.23. The fourth-order valence-electron chi connectivity index (χ4n) is 1.41. The van der Waals surface area contributed by atoms with Crippen LogP contribution >= 0.6 is 23.2 Å². The number of hydrogen-bond donors (Lipinski definition) is 1. The van der Waals surface area contributed by atoms with Gasteiger partial charge in [0.1, 0.15) is 0 Å². The van der Waals surface area contributed by atoms with Crippen LogP contribution < -0.4 is 4.72 Å². The van der Waals surface area contributed by atoms with Gasteiger partial charge in [-0.15, -0.1) is 5.10 Å². The molecular formula is C11H9Cl2N3O2S. The lowest BCUT2D eigenvalue weighted by Crippen LogP contribution is -2.16. The molecule has 2 rings (SSSR count). The summed E-state index contributed by atoms with van der Waals surface area (Å²) in [5, 5.41) is 7.83. The van der Waals surface area contributed by atoms with Gasteiger partial charge < -0.3 is 0 Å². The number of benzene rings is 1. The number of halogens is 2. The first-order valence-corrected chi connectivity index (χ1v) is 7.60. The second-order valence-electron chi connectivity index (χ2n) is 3.67. The molecule has 0 saturated carbocycles. The summed E-state index contributed by atoms with van der Waals surface area (Å²) in [5.41, 5.74) is 0.349. The summed E-state index contributed by atoms with van der Waals surface area (Å²) in [7, 11) is -3.65. The zero-order valence-electron chi connectivity index (χ0n) is 9.55. The van der Waals surface area contributed by atoms with Crippen molar-refractivity contribution in [2.24, 2.45) is 0 Å². The van der Waals surface area contributed by atoms with E-state index >= 15 is 0 Å². The number of aromatic nitrogens is 2. The van der Waals surface area contributed by atoms with Gasteiger partial charge in [0.25, 0.3) is 0 Å². The number of nitrogens with zero attached hydrogens (tertiary/aromatic N) is 2. The summed E-state index contributed by atoms with van der Waals surface area (Å²) in [4.78, 5) is 0. The van der Waals surface area contributed by atoms with Crippen molar-refractivity contribution in [3.8, 4) is 0 Å². The smallest absolute Gasteiger partial charge is 0.238 e. The molecular weight excluding hydrogens is 309 g/mol. The molecule has 0 fully saturated rings. The number of hydrogen-bond acceptors (Lipinski definition) is 4. The van der Waals surface area contributed by atoms with E-state index in [0.717, 1.165) is 0 Å². The zero-order valence-corrected chi connectivity index (χ0v) is 11.9. The fraction of sp³-hybridized carbons (Fsp3) is 0.0909. The first kappa shape index (κ1) is 14.0. The largest absolute Gasteiger partial charge is 0.266 e. The van der Waals surface area contributed by atoms with E-state index in [2.05, 4.69) is 14.9 Å². The third-order valence-electron chi connectivity index (χ3n) is 2.23. The Hall–Kier alpha value is -1.37. The fourth-order valence-corrected chi connectivity index (χ4v) is 3.29. The maximum Gasteiger partial charge on any atom is 0.238 e. The van der Waals surface area contributed by atoms with Crippen molar-refractivity contribution in [1.29, 1.82) is 0 Å². The molecule has 0 saturated heterocycles. The van der Waals surface area contributed by atoms with Gasteiger partial charge in [-0.05, 0) is 24.3 Å². The predicted molar refractivity (Wildman–Crippen MR) is 74.7 cm³/mol. The van der Waals surface area contributed by atoms with Crippen molar-refractivity contribution in [1.82, 2.24) is 10.2 Å². The average Bonchev–Trinajstić information content (AvgIpc) is 2.35. The highest BCUT2D eigenvalue weighted by atomic mass is 35.5. The third kappa shape index (κ3) is 3.79. The Kier molecular flexibility index (Phi) is 4.24. The van der Waals surface area contributed by atoms with Crippen LogP contribution in [0.2, 0.25) is 10.0 Å². The highest BCUT2D eigenvalue weighted by Gasteiger charge is 2.17. The Morgan fingerprint density at radius 3 is 2.37 bits per heavy atom. The molecule has 0 atom stereocenters. The molecule has 5 nitrogen and oxygen atoms in total. The summed E-state index contributed by atoms with van der Waals surface area (Å²) in [6.45, 7) is 0. The summed E-state index contributed by atoms with van der Waals surface area (Å²) < 4.78 is 26.3. The molecule has 0 unspecified atom stereocenters. The lowest BCUT2D eigenvalue weighted by Gasteiger charge is -2.09. The Morgan fingerprint density at radius 1 is 1.11 bits per heavy atom. The lowest BCUT2D eigenvalue weighted by atomic mass is 10.2. The van der Waals surface area contributed by atoms with Crippen LogP contribution in [0.3, 0.4) is 0 Å². The van der Waals surface area contributed by atoms with Gasteiger partial charge >= 0.3 is 0 Å². The van der Waals surface area contributed by atoms with E-state index in [4.69, 9.17) is 23.2 Å². The predicted octanol–water partition coefficient (Wildman–Crippen LogP) is 2.73. The maximum absolute atomic E-state index is 12.0. The van der Waals surface area contributed by atoms with Gasteiger partial charge in [0, 0.05) is 21.8 Å². The van der Waals surface area contributed by atoms with E-state index in [9.17, 15) is 8.42 Å². The van der Waals surface area contributed by atoms with Gasteiger partial charge in [-0.1, -0.05) is 29.3 Å². The van der Waals surface area contributed by atoms with Crippen LogP contribution in [-0.4, -0.2) is 18.6 Å². The van der Waals surface area contributed by atoms with Crippen molar-refractivity contribution in [2.45, 2.75) is 5.75 Å². The molecule has 1 N–H and O–H groups in total. The minimum atomic E-state index is -3.65. The van der Waals surface area contributed by atoms with Crippen LogP contribution in [0.5, 0.6) is 0 Å². The number of nitrogens with one attached hydrogen (secondary N) is 1. The van der Waals surface area contributed by atoms with Crippen molar-refractivity contribution >= 4 is 39.0 Å². The van der Waals surface area contributed by atoms with Crippen LogP contribution in [-0.2, 0) is 15.8 Å². The minimum Gasteiger partial charge on any atom is -0.266 e. The number of rotatable bonds is 4. The molecule has 19 heavy (non-hydrogen) atoms. The van der Waals surface area contributed by atoms with E-state index in [0.29, 0.717) is 15.6 Å². The highest BCUT2D eigenvalue weighted by Crippen LogP contribution is 2.26. The zero-order chi connectivity index (χ0) is 13.9. The maximum atomic E-state index is 12.0. The Morgan fingerprint density at radius 2 is 1.79 bits per heavy atom. The van der Waals surface area contributed by atoms with E-state index < -0.39 is 10.0 Å². The minimum absolute atomic E-state index is 0.144. The van der Waals surface area contributed by atoms with E-state index in [1.54, 1.807) is 24.3 Å². The van der Waals surface area contributed by atoms with E-state index in [1.807, 2.05) is 0 Å². The first-order chi connectivity index (χ1) is 8.98.